The molecule has 0 fully saturated rings. The van der Waals surface area contributed by atoms with Gasteiger partial charge in [-0.05, 0) is 57.4 Å². The van der Waals surface area contributed by atoms with Crippen LogP contribution in [0, 0.1) is 5.82 Å². The first-order chi connectivity index (χ1) is 11.0. The highest BCUT2D eigenvalue weighted by Crippen LogP contribution is 2.11. The lowest BCUT2D eigenvalue weighted by atomic mass is 10.3. The molecule has 2 N–H and O–H groups in total. The molecule has 0 saturated heterocycles. The van der Waals surface area contributed by atoms with Gasteiger partial charge in [-0.2, -0.15) is 0 Å². The minimum Gasteiger partial charge on any atom is -0.369 e. The van der Waals surface area contributed by atoms with Crippen molar-refractivity contribution in [1.29, 1.82) is 0 Å². The SMILES string of the molecule is CN(C)CCCNc1ccc(C(=O)Nc2cccc(F)c2)nn1. The number of aromatic nitrogens is 2. The van der Waals surface area contributed by atoms with Crippen LogP contribution in [0.4, 0.5) is 15.9 Å². The molecule has 1 amide bonds. The maximum Gasteiger partial charge on any atom is 0.276 e. The van der Waals surface area contributed by atoms with Crippen molar-refractivity contribution in [1.82, 2.24) is 15.1 Å². The van der Waals surface area contributed by atoms with Crippen LogP contribution in [-0.4, -0.2) is 48.2 Å². The van der Waals surface area contributed by atoms with Gasteiger partial charge in [-0.3, -0.25) is 4.79 Å². The summed E-state index contributed by atoms with van der Waals surface area (Å²) >= 11 is 0. The molecule has 0 spiro atoms. The number of hydrogen-bond acceptors (Lipinski definition) is 5. The molecule has 0 saturated carbocycles. The van der Waals surface area contributed by atoms with Crippen LogP contribution in [0.1, 0.15) is 16.9 Å². The zero-order valence-electron chi connectivity index (χ0n) is 13.2. The third-order valence-corrected chi connectivity index (χ3v) is 3.07. The monoisotopic (exact) mass is 317 g/mol. The van der Waals surface area contributed by atoms with Gasteiger partial charge < -0.3 is 15.5 Å². The average molecular weight is 317 g/mol. The fourth-order valence-corrected chi connectivity index (χ4v) is 1.92. The Kier molecular flexibility index (Phi) is 5.99. The summed E-state index contributed by atoms with van der Waals surface area (Å²) in [6.45, 7) is 1.76. The standard InChI is InChI=1S/C16H20FN5O/c1-22(2)10-4-9-18-15-8-7-14(20-21-15)16(23)19-13-6-3-5-12(17)11-13/h3,5-8,11H,4,9-10H2,1-2H3,(H,18,21)(H,19,23). The number of halogens is 1. The second kappa shape index (κ2) is 8.19. The quantitative estimate of drug-likeness (QED) is 0.766. The minimum atomic E-state index is -0.428. The lowest BCUT2D eigenvalue weighted by Gasteiger charge is -2.10. The van der Waals surface area contributed by atoms with Gasteiger partial charge in [0.05, 0.1) is 0 Å². The first-order valence-electron chi connectivity index (χ1n) is 7.34. The van der Waals surface area contributed by atoms with Gasteiger partial charge in [-0.25, -0.2) is 4.39 Å². The Hall–Kier alpha value is -2.54. The van der Waals surface area contributed by atoms with Gasteiger partial charge in [0.25, 0.3) is 5.91 Å². The molecule has 23 heavy (non-hydrogen) atoms. The first kappa shape index (κ1) is 16.8. The van der Waals surface area contributed by atoms with Crippen molar-refractivity contribution in [2.45, 2.75) is 6.42 Å². The molecule has 6 nitrogen and oxygen atoms in total. The number of nitrogens with zero attached hydrogens (tertiary/aromatic N) is 3. The Morgan fingerprint density at radius 1 is 1.22 bits per heavy atom. The second-order valence-electron chi connectivity index (χ2n) is 5.35. The summed E-state index contributed by atoms with van der Waals surface area (Å²) in [5.41, 5.74) is 0.552. The summed E-state index contributed by atoms with van der Waals surface area (Å²) in [7, 11) is 4.04. The van der Waals surface area contributed by atoms with Crippen molar-refractivity contribution in [3.8, 4) is 0 Å². The Morgan fingerprint density at radius 2 is 2.04 bits per heavy atom. The number of anilines is 2. The van der Waals surface area contributed by atoms with Crippen molar-refractivity contribution >= 4 is 17.4 Å². The minimum absolute atomic E-state index is 0.174. The number of rotatable bonds is 7. The van der Waals surface area contributed by atoms with Gasteiger partial charge in [0.2, 0.25) is 0 Å². The molecular weight excluding hydrogens is 297 g/mol. The molecule has 122 valence electrons. The van der Waals surface area contributed by atoms with E-state index in [1.54, 1.807) is 18.2 Å². The van der Waals surface area contributed by atoms with E-state index >= 15 is 0 Å². The van der Waals surface area contributed by atoms with E-state index in [4.69, 9.17) is 0 Å². The number of benzene rings is 1. The van der Waals surface area contributed by atoms with E-state index in [0.29, 0.717) is 11.5 Å². The molecule has 1 aromatic carbocycles. The van der Waals surface area contributed by atoms with Gasteiger partial charge in [-0.15, -0.1) is 10.2 Å². The number of carbonyl (C=O) groups excluding carboxylic acids is 1. The molecule has 2 aromatic rings. The van der Waals surface area contributed by atoms with Crippen molar-refractivity contribution in [3.63, 3.8) is 0 Å². The molecule has 0 bridgehead atoms. The predicted octanol–water partition coefficient (Wildman–Crippen LogP) is 2.23. The number of hydrogen-bond donors (Lipinski definition) is 2. The zero-order valence-corrected chi connectivity index (χ0v) is 13.2. The van der Waals surface area contributed by atoms with Crippen LogP contribution in [0.2, 0.25) is 0 Å². The van der Waals surface area contributed by atoms with Gasteiger partial charge >= 0.3 is 0 Å². The Labute approximate surface area is 134 Å². The molecule has 0 atom stereocenters. The average Bonchev–Trinajstić information content (AvgIpc) is 2.52. The summed E-state index contributed by atoms with van der Waals surface area (Å²) < 4.78 is 13.1. The third-order valence-electron chi connectivity index (χ3n) is 3.07. The molecular formula is C16H20FN5O. The maximum atomic E-state index is 13.1. The van der Waals surface area contributed by atoms with Crippen LogP contribution in [0.15, 0.2) is 36.4 Å². The van der Waals surface area contributed by atoms with Gasteiger partial charge in [-0.1, -0.05) is 6.07 Å². The predicted molar refractivity (Wildman–Crippen MR) is 88.0 cm³/mol. The van der Waals surface area contributed by atoms with Crippen LogP contribution < -0.4 is 10.6 Å². The molecule has 0 aliphatic carbocycles. The van der Waals surface area contributed by atoms with Crippen LogP contribution in [0.3, 0.4) is 0 Å². The fraction of sp³-hybridized carbons (Fsp3) is 0.312. The van der Waals surface area contributed by atoms with E-state index in [2.05, 4.69) is 25.7 Å². The largest absolute Gasteiger partial charge is 0.369 e. The lowest BCUT2D eigenvalue weighted by Crippen LogP contribution is -2.17. The molecule has 2 rings (SSSR count). The van der Waals surface area contributed by atoms with Crippen LogP contribution in [0.25, 0.3) is 0 Å². The Morgan fingerprint density at radius 3 is 2.70 bits per heavy atom. The lowest BCUT2D eigenvalue weighted by molar-refractivity contribution is 0.102. The molecule has 0 radical (unpaired) electrons. The molecule has 1 heterocycles. The van der Waals surface area contributed by atoms with Crippen LogP contribution >= 0.6 is 0 Å². The summed E-state index contributed by atoms with van der Waals surface area (Å²) in [6.07, 6.45) is 0.983. The van der Waals surface area contributed by atoms with E-state index < -0.39 is 11.7 Å². The van der Waals surface area contributed by atoms with Crippen LogP contribution in [-0.2, 0) is 0 Å². The normalized spacial score (nSPS) is 10.6. The zero-order chi connectivity index (χ0) is 16.7. The molecule has 0 aliphatic heterocycles. The third kappa shape index (κ3) is 5.63. The van der Waals surface area contributed by atoms with Gasteiger partial charge in [0.15, 0.2) is 5.69 Å². The molecule has 7 heteroatoms. The second-order valence-corrected chi connectivity index (χ2v) is 5.35. The molecule has 0 unspecified atom stereocenters. The smallest absolute Gasteiger partial charge is 0.276 e. The summed E-state index contributed by atoms with van der Waals surface area (Å²) in [4.78, 5) is 14.1. The maximum absolute atomic E-state index is 13.1. The van der Waals surface area contributed by atoms with E-state index in [1.807, 2.05) is 14.1 Å². The van der Waals surface area contributed by atoms with E-state index in [9.17, 15) is 9.18 Å². The summed E-state index contributed by atoms with van der Waals surface area (Å²) in [6, 6.07) is 8.96. The van der Waals surface area contributed by atoms with E-state index in [1.165, 1.54) is 18.2 Å². The van der Waals surface area contributed by atoms with Gasteiger partial charge in [0, 0.05) is 12.2 Å². The number of amides is 1. The number of carbonyl (C=O) groups is 1. The topological polar surface area (TPSA) is 70.2 Å². The van der Waals surface area contributed by atoms with Crippen molar-refractivity contribution in [3.05, 3.63) is 47.9 Å². The Balaban J connectivity index is 1.87. The Bertz CT molecular complexity index is 645. The van der Waals surface area contributed by atoms with E-state index in [-0.39, 0.29) is 5.69 Å². The fourth-order valence-electron chi connectivity index (χ4n) is 1.92. The highest BCUT2D eigenvalue weighted by atomic mass is 19.1. The van der Waals surface area contributed by atoms with Crippen molar-refractivity contribution < 1.29 is 9.18 Å². The number of nitrogens with one attached hydrogen (secondary N) is 2. The van der Waals surface area contributed by atoms with Crippen molar-refractivity contribution in [2.24, 2.45) is 0 Å². The summed E-state index contributed by atoms with van der Waals surface area (Å²) in [5.74, 6) is -0.223. The van der Waals surface area contributed by atoms with Gasteiger partial charge in [0.1, 0.15) is 11.6 Å². The van der Waals surface area contributed by atoms with E-state index in [0.717, 1.165) is 19.5 Å². The molecule has 1 aromatic heterocycles. The van der Waals surface area contributed by atoms with Crippen LogP contribution in [0.5, 0.6) is 0 Å². The highest BCUT2D eigenvalue weighted by molar-refractivity contribution is 6.02. The molecule has 0 aliphatic rings. The summed E-state index contributed by atoms with van der Waals surface area (Å²) in [5, 5.41) is 13.6. The van der Waals surface area contributed by atoms with Crippen molar-refractivity contribution in [2.75, 3.05) is 37.8 Å². The first-order valence-corrected chi connectivity index (χ1v) is 7.34. The highest BCUT2D eigenvalue weighted by Gasteiger charge is 2.09.